The minimum atomic E-state index is -0.298. The van der Waals surface area contributed by atoms with E-state index in [0.717, 1.165) is 42.9 Å². The molecule has 0 spiro atoms. The summed E-state index contributed by atoms with van der Waals surface area (Å²) < 4.78 is 18.4. The molecule has 0 aliphatic carbocycles. The highest BCUT2D eigenvalue weighted by molar-refractivity contribution is 5.92. The number of methoxy groups -OCH3 is 1. The number of rotatable bonds is 5. The number of ether oxygens (including phenoxy) is 1. The van der Waals surface area contributed by atoms with Crippen molar-refractivity contribution < 1.29 is 13.9 Å². The first-order chi connectivity index (χ1) is 12.1. The Morgan fingerprint density at radius 2 is 1.92 bits per heavy atom. The smallest absolute Gasteiger partial charge is 0.228 e. The molecule has 2 aromatic carbocycles. The number of carbonyl (C=O) groups excluding carboxylic acids is 1. The van der Waals surface area contributed by atoms with E-state index in [1.54, 1.807) is 19.2 Å². The van der Waals surface area contributed by atoms with E-state index in [9.17, 15) is 9.18 Å². The molecule has 1 saturated heterocycles. The van der Waals surface area contributed by atoms with E-state index >= 15 is 0 Å². The molecule has 1 fully saturated rings. The molecular formula is C20H23FN2O2. The lowest BCUT2D eigenvalue weighted by atomic mass is 10.1. The van der Waals surface area contributed by atoms with Crippen LogP contribution in [0.1, 0.15) is 18.4 Å². The van der Waals surface area contributed by atoms with Gasteiger partial charge in [0.05, 0.1) is 12.5 Å². The number of nitrogens with one attached hydrogen (secondary N) is 1. The van der Waals surface area contributed by atoms with E-state index < -0.39 is 0 Å². The normalized spacial score (nSPS) is 17.4. The average molecular weight is 342 g/mol. The van der Waals surface area contributed by atoms with Crippen LogP contribution in [0.3, 0.4) is 0 Å². The third-order valence-electron chi connectivity index (χ3n) is 4.51. The zero-order valence-electron chi connectivity index (χ0n) is 14.4. The maximum Gasteiger partial charge on any atom is 0.228 e. The van der Waals surface area contributed by atoms with Crippen LogP contribution in [0.4, 0.5) is 15.8 Å². The number of hydrogen-bond acceptors (Lipinski definition) is 3. The van der Waals surface area contributed by atoms with Gasteiger partial charge in [0, 0.05) is 31.6 Å². The lowest BCUT2D eigenvalue weighted by molar-refractivity contribution is -0.115. The maximum atomic E-state index is 12.9. The van der Waals surface area contributed by atoms with Gasteiger partial charge in [-0.1, -0.05) is 12.1 Å². The van der Waals surface area contributed by atoms with Crippen molar-refractivity contribution in [1.29, 1.82) is 0 Å². The number of anilines is 2. The van der Waals surface area contributed by atoms with Crippen molar-refractivity contribution in [2.45, 2.75) is 25.4 Å². The fourth-order valence-electron chi connectivity index (χ4n) is 3.11. The van der Waals surface area contributed by atoms with Crippen LogP contribution >= 0.6 is 0 Å². The number of halogens is 1. The minimum absolute atomic E-state index is 0.114. The van der Waals surface area contributed by atoms with Crippen LogP contribution in [-0.4, -0.2) is 32.2 Å². The molecule has 1 heterocycles. The minimum Gasteiger partial charge on any atom is -0.380 e. The molecule has 4 nitrogen and oxygen atoms in total. The highest BCUT2D eigenvalue weighted by atomic mass is 19.1. The van der Waals surface area contributed by atoms with Gasteiger partial charge in [0.1, 0.15) is 5.82 Å². The molecular weight excluding hydrogens is 319 g/mol. The lowest BCUT2D eigenvalue weighted by Crippen LogP contribution is -2.39. The van der Waals surface area contributed by atoms with Gasteiger partial charge in [0.25, 0.3) is 0 Å². The summed E-state index contributed by atoms with van der Waals surface area (Å²) in [6.07, 6.45) is 2.73. The quantitative estimate of drug-likeness (QED) is 0.902. The van der Waals surface area contributed by atoms with Crippen LogP contribution in [0, 0.1) is 5.82 Å². The number of hydrogen-bond donors (Lipinski definition) is 1. The summed E-state index contributed by atoms with van der Waals surface area (Å²) in [6, 6.07) is 13.8. The molecule has 2 aromatic rings. The van der Waals surface area contributed by atoms with Gasteiger partial charge in [-0.25, -0.2) is 4.39 Å². The van der Waals surface area contributed by atoms with Crippen LogP contribution in [0.15, 0.2) is 48.5 Å². The fourth-order valence-corrected chi connectivity index (χ4v) is 3.11. The van der Waals surface area contributed by atoms with Crippen molar-refractivity contribution in [2.24, 2.45) is 0 Å². The van der Waals surface area contributed by atoms with E-state index in [-0.39, 0.29) is 24.2 Å². The van der Waals surface area contributed by atoms with Gasteiger partial charge < -0.3 is 15.0 Å². The summed E-state index contributed by atoms with van der Waals surface area (Å²) in [7, 11) is 1.76. The molecule has 0 saturated carbocycles. The van der Waals surface area contributed by atoms with Gasteiger partial charge in [0.2, 0.25) is 5.91 Å². The Bertz CT molecular complexity index is 701. The van der Waals surface area contributed by atoms with Crippen LogP contribution < -0.4 is 10.2 Å². The second kappa shape index (κ2) is 8.12. The molecule has 3 rings (SSSR count). The summed E-state index contributed by atoms with van der Waals surface area (Å²) >= 11 is 0. The molecule has 5 heteroatoms. The Balaban J connectivity index is 1.56. The standard InChI is InChI=1S/C20H23FN2O2/c1-25-19-3-2-12-23(14-19)18-10-8-17(9-11-18)22-20(24)13-15-4-6-16(21)7-5-15/h4-11,19H,2-3,12-14H2,1H3,(H,22,24). The van der Waals surface area contributed by atoms with E-state index in [2.05, 4.69) is 10.2 Å². The highest BCUT2D eigenvalue weighted by Crippen LogP contribution is 2.23. The Kier molecular flexibility index (Phi) is 5.66. The van der Waals surface area contributed by atoms with Crippen molar-refractivity contribution in [1.82, 2.24) is 0 Å². The summed E-state index contributed by atoms with van der Waals surface area (Å²) in [5, 5.41) is 2.88. The molecule has 0 bridgehead atoms. The second-order valence-electron chi connectivity index (χ2n) is 6.34. The zero-order valence-corrected chi connectivity index (χ0v) is 14.4. The maximum absolute atomic E-state index is 12.9. The Morgan fingerprint density at radius 1 is 1.20 bits per heavy atom. The first-order valence-electron chi connectivity index (χ1n) is 8.56. The molecule has 1 aliphatic rings. The third-order valence-corrected chi connectivity index (χ3v) is 4.51. The Morgan fingerprint density at radius 3 is 2.60 bits per heavy atom. The zero-order chi connectivity index (χ0) is 17.6. The predicted octanol–water partition coefficient (Wildman–Crippen LogP) is 3.62. The van der Waals surface area contributed by atoms with Gasteiger partial charge in [-0.2, -0.15) is 0 Å². The van der Waals surface area contributed by atoms with Crippen molar-refractivity contribution in [3.05, 3.63) is 59.9 Å². The van der Waals surface area contributed by atoms with Gasteiger partial charge in [-0.05, 0) is 54.8 Å². The number of piperidine rings is 1. The fraction of sp³-hybridized carbons (Fsp3) is 0.350. The molecule has 1 amide bonds. The number of benzene rings is 2. The Hall–Kier alpha value is -2.40. The number of amides is 1. The van der Waals surface area contributed by atoms with Crippen molar-refractivity contribution in [3.63, 3.8) is 0 Å². The van der Waals surface area contributed by atoms with Gasteiger partial charge in [0.15, 0.2) is 0 Å². The van der Waals surface area contributed by atoms with E-state index in [1.807, 2.05) is 24.3 Å². The van der Waals surface area contributed by atoms with Crippen LogP contribution in [-0.2, 0) is 16.0 Å². The number of nitrogens with zero attached hydrogens (tertiary/aromatic N) is 1. The molecule has 25 heavy (non-hydrogen) atoms. The van der Waals surface area contributed by atoms with E-state index in [0.29, 0.717) is 0 Å². The van der Waals surface area contributed by atoms with Crippen LogP contribution in [0.2, 0.25) is 0 Å². The number of carbonyl (C=O) groups is 1. The molecule has 1 atom stereocenters. The van der Waals surface area contributed by atoms with Crippen molar-refractivity contribution in [3.8, 4) is 0 Å². The molecule has 132 valence electrons. The SMILES string of the molecule is COC1CCCN(c2ccc(NC(=O)Cc3ccc(F)cc3)cc2)C1. The molecule has 0 aromatic heterocycles. The monoisotopic (exact) mass is 342 g/mol. The second-order valence-corrected chi connectivity index (χ2v) is 6.34. The summed E-state index contributed by atoms with van der Waals surface area (Å²) in [4.78, 5) is 14.4. The highest BCUT2D eigenvalue weighted by Gasteiger charge is 2.19. The molecule has 1 N–H and O–H groups in total. The van der Waals surface area contributed by atoms with Crippen LogP contribution in [0.25, 0.3) is 0 Å². The van der Waals surface area contributed by atoms with Gasteiger partial charge in [-0.3, -0.25) is 4.79 Å². The Labute approximate surface area is 147 Å². The van der Waals surface area contributed by atoms with Crippen LogP contribution in [0.5, 0.6) is 0 Å². The molecule has 1 aliphatic heterocycles. The van der Waals surface area contributed by atoms with Gasteiger partial charge in [-0.15, -0.1) is 0 Å². The van der Waals surface area contributed by atoms with E-state index in [4.69, 9.17) is 4.74 Å². The first kappa shape index (κ1) is 17.4. The lowest BCUT2D eigenvalue weighted by Gasteiger charge is -2.33. The van der Waals surface area contributed by atoms with Crippen molar-refractivity contribution in [2.75, 3.05) is 30.4 Å². The summed E-state index contributed by atoms with van der Waals surface area (Å²) in [5.74, 6) is -0.412. The summed E-state index contributed by atoms with van der Waals surface area (Å²) in [6.45, 7) is 1.92. The largest absolute Gasteiger partial charge is 0.380 e. The topological polar surface area (TPSA) is 41.6 Å². The average Bonchev–Trinajstić information content (AvgIpc) is 2.64. The molecule has 1 unspecified atom stereocenters. The predicted molar refractivity (Wildman–Crippen MR) is 97.4 cm³/mol. The molecule has 0 radical (unpaired) electrons. The van der Waals surface area contributed by atoms with Gasteiger partial charge >= 0.3 is 0 Å². The van der Waals surface area contributed by atoms with E-state index in [1.165, 1.54) is 12.1 Å². The summed E-state index contributed by atoms with van der Waals surface area (Å²) in [5.41, 5.74) is 2.68. The first-order valence-corrected chi connectivity index (χ1v) is 8.56. The van der Waals surface area contributed by atoms with Crippen molar-refractivity contribution >= 4 is 17.3 Å². The third kappa shape index (κ3) is 4.79.